The average Bonchev–Trinajstić information content (AvgIpc) is 3.27. The van der Waals surface area contributed by atoms with Crippen molar-refractivity contribution in [3.05, 3.63) is 66.6 Å². The molecule has 2 aromatic heterocycles. The molecule has 6 nitrogen and oxygen atoms in total. The fraction of sp³-hybridized carbons (Fsp3) is 0.227. The molecule has 0 spiro atoms. The molecule has 0 aliphatic rings. The lowest BCUT2D eigenvalue weighted by Crippen LogP contribution is -2.19. The number of anilines is 1. The third-order valence-electron chi connectivity index (χ3n) is 4.44. The number of rotatable bonds is 6. The number of benzene rings is 2. The Kier molecular flexibility index (Phi) is 4.93. The first kappa shape index (κ1) is 18.0. The van der Waals surface area contributed by atoms with Crippen LogP contribution in [0.2, 0.25) is 0 Å². The molecule has 0 saturated heterocycles. The number of nitrogens with zero attached hydrogens (tertiary/aromatic N) is 3. The van der Waals surface area contributed by atoms with Crippen LogP contribution >= 0.6 is 0 Å². The van der Waals surface area contributed by atoms with Crippen LogP contribution in [0.15, 0.2) is 65.1 Å². The smallest absolute Gasteiger partial charge is 0.264 e. The molecule has 0 aliphatic carbocycles. The maximum Gasteiger partial charge on any atom is 0.264 e. The van der Waals surface area contributed by atoms with Gasteiger partial charge in [-0.2, -0.15) is 0 Å². The van der Waals surface area contributed by atoms with E-state index < -0.39 is 0 Å². The van der Waals surface area contributed by atoms with E-state index in [4.69, 9.17) is 4.42 Å². The van der Waals surface area contributed by atoms with E-state index in [2.05, 4.69) is 29.4 Å². The Morgan fingerprint density at radius 3 is 2.61 bits per heavy atom. The first-order valence-corrected chi connectivity index (χ1v) is 9.36. The molecule has 1 N–H and O–H groups in total. The lowest BCUT2D eigenvalue weighted by Gasteiger charge is -2.09. The summed E-state index contributed by atoms with van der Waals surface area (Å²) in [5, 5.41) is 12.3. The zero-order valence-corrected chi connectivity index (χ0v) is 15.9. The number of aromatic nitrogens is 3. The van der Waals surface area contributed by atoms with Gasteiger partial charge in [-0.25, -0.2) is 0 Å². The Labute approximate surface area is 163 Å². The number of para-hydroxylation sites is 2. The minimum atomic E-state index is -0.115. The van der Waals surface area contributed by atoms with E-state index in [0.717, 1.165) is 28.7 Å². The average molecular weight is 374 g/mol. The Hall–Kier alpha value is -3.41. The number of hydrogen-bond donors (Lipinski definition) is 1. The largest absolute Gasteiger partial charge is 0.419 e. The minimum absolute atomic E-state index is 0.115. The second-order valence-electron chi connectivity index (χ2n) is 7.19. The van der Waals surface area contributed by atoms with Gasteiger partial charge in [0.15, 0.2) is 0 Å². The van der Waals surface area contributed by atoms with E-state index in [1.165, 1.54) is 0 Å². The van der Waals surface area contributed by atoms with Crippen LogP contribution in [-0.2, 0) is 17.8 Å². The van der Waals surface area contributed by atoms with E-state index in [9.17, 15) is 4.79 Å². The van der Waals surface area contributed by atoms with Gasteiger partial charge in [0.25, 0.3) is 5.89 Å². The van der Waals surface area contributed by atoms with Crippen molar-refractivity contribution in [2.75, 3.05) is 5.32 Å². The van der Waals surface area contributed by atoms with E-state index >= 15 is 0 Å². The highest BCUT2D eigenvalue weighted by Crippen LogP contribution is 2.28. The van der Waals surface area contributed by atoms with Crippen molar-refractivity contribution < 1.29 is 9.21 Å². The van der Waals surface area contributed by atoms with Crippen LogP contribution in [0, 0.1) is 5.92 Å². The van der Waals surface area contributed by atoms with Crippen LogP contribution in [0.5, 0.6) is 0 Å². The number of carbonyl (C=O) groups excluding carboxylic acids is 1. The molecule has 6 heteroatoms. The van der Waals surface area contributed by atoms with Crippen LogP contribution in [0.1, 0.15) is 19.7 Å². The molecule has 0 fully saturated rings. The van der Waals surface area contributed by atoms with E-state index in [1.54, 1.807) is 0 Å². The molecule has 1 amide bonds. The summed E-state index contributed by atoms with van der Waals surface area (Å²) in [6.07, 6.45) is 0.724. The van der Waals surface area contributed by atoms with E-state index in [0.29, 0.717) is 17.7 Å². The van der Waals surface area contributed by atoms with Gasteiger partial charge in [-0.1, -0.05) is 50.2 Å². The molecule has 4 rings (SSSR count). The minimum Gasteiger partial charge on any atom is -0.419 e. The highest BCUT2D eigenvalue weighted by atomic mass is 16.4. The van der Waals surface area contributed by atoms with Crippen LogP contribution in [-0.4, -0.2) is 20.7 Å². The van der Waals surface area contributed by atoms with Gasteiger partial charge in [-0.15, -0.1) is 10.2 Å². The summed E-state index contributed by atoms with van der Waals surface area (Å²) in [5.74, 6) is 1.35. The molecule has 0 saturated carbocycles. The predicted octanol–water partition coefficient (Wildman–Crippen LogP) is 4.53. The Morgan fingerprint density at radius 1 is 1.07 bits per heavy atom. The number of carbonyl (C=O) groups is 1. The molecule has 0 aliphatic heterocycles. The van der Waals surface area contributed by atoms with Gasteiger partial charge in [-0.3, -0.25) is 4.79 Å². The molecular weight excluding hydrogens is 352 g/mol. The highest BCUT2D eigenvalue weighted by molar-refractivity contribution is 5.93. The summed E-state index contributed by atoms with van der Waals surface area (Å²) in [7, 11) is 0. The quantitative estimate of drug-likeness (QED) is 0.538. The summed E-state index contributed by atoms with van der Waals surface area (Å²) in [6, 6.07) is 19.3. The van der Waals surface area contributed by atoms with Crippen LogP contribution < -0.4 is 5.32 Å². The Bertz CT molecular complexity index is 1100. The summed E-state index contributed by atoms with van der Waals surface area (Å²) in [5.41, 5.74) is 2.46. The Morgan fingerprint density at radius 2 is 1.82 bits per heavy atom. The highest BCUT2D eigenvalue weighted by Gasteiger charge is 2.18. The van der Waals surface area contributed by atoms with Gasteiger partial charge in [0.1, 0.15) is 12.2 Å². The van der Waals surface area contributed by atoms with Crippen molar-refractivity contribution in [2.24, 2.45) is 5.92 Å². The van der Waals surface area contributed by atoms with Crippen molar-refractivity contribution in [1.82, 2.24) is 14.8 Å². The maximum atomic E-state index is 12.7. The van der Waals surface area contributed by atoms with Crippen molar-refractivity contribution in [3.8, 4) is 11.6 Å². The van der Waals surface area contributed by atoms with Crippen LogP contribution in [0.25, 0.3) is 22.5 Å². The topological polar surface area (TPSA) is 73.0 Å². The Balaban J connectivity index is 1.67. The first-order chi connectivity index (χ1) is 13.6. The SMILES string of the molecule is CC(C)Cc1nnc(-c2cc3ccccc3n2CC(=O)Nc2ccccc2)o1. The van der Waals surface area contributed by atoms with Gasteiger partial charge in [0.05, 0.1) is 0 Å². The van der Waals surface area contributed by atoms with Gasteiger partial charge in [-0.05, 0) is 30.2 Å². The molecule has 2 heterocycles. The van der Waals surface area contributed by atoms with Crippen molar-refractivity contribution >= 4 is 22.5 Å². The lowest BCUT2D eigenvalue weighted by molar-refractivity contribution is -0.116. The lowest BCUT2D eigenvalue weighted by atomic mass is 10.1. The predicted molar refractivity (Wildman–Crippen MR) is 109 cm³/mol. The van der Waals surface area contributed by atoms with E-state index in [-0.39, 0.29) is 12.5 Å². The van der Waals surface area contributed by atoms with Crippen molar-refractivity contribution in [2.45, 2.75) is 26.8 Å². The fourth-order valence-corrected chi connectivity index (χ4v) is 3.21. The number of hydrogen-bond acceptors (Lipinski definition) is 4. The number of fused-ring (bicyclic) bond motifs is 1. The molecule has 142 valence electrons. The van der Waals surface area contributed by atoms with Gasteiger partial charge < -0.3 is 14.3 Å². The fourth-order valence-electron chi connectivity index (χ4n) is 3.21. The van der Waals surface area contributed by atoms with Gasteiger partial charge in [0.2, 0.25) is 11.8 Å². The number of nitrogens with one attached hydrogen (secondary N) is 1. The molecule has 28 heavy (non-hydrogen) atoms. The molecule has 4 aromatic rings. The normalized spacial score (nSPS) is 11.2. The molecule has 2 aromatic carbocycles. The molecule has 0 atom stereocenters. The molecule has 0 radical (unpaired) electrons. The third-order valence-corrected chi connectivity index (χ3v) is 4.44. The van der Waals surface area contributed by atoms with E-state index in [1.807, 2.05) is 65.2 Å². The second-order valence-corrected chi connectivity index (χ2v) is 7.19. The first-order valence-electron chi connectivity index (χ1n) is 9.36. The molecule has 0 unspecified atom stereocenters. The van der Waals surface area contributed by atoms with Crippen LogP contribution in [0.3, 0.4) is 0 Å². The molecular formula is C22H22N4O2. The molecule has 0 bridgehead atoms. The van der Waals surface area contributed by atoms with Gasteiger partial charge in [0, 0.05) is 23.0 Å². The van der Waals surface area contributed by atoms with Crippen molar-refractivity contribution in [1.29, 1.82) is 0 Å². The number of amides is 1. The summed E-state index contributed by atoms with van der Waals surface area (Å²) in [6.45, 7) is 4.36. The maximum absolute atomic E-state index is 12.7. The van der Waals surface area contributed by atoms with Crippen LogP contribution in [0.4, 0.5) is 5.69 Å². The van der Waals surface area contributed by atoms with Crippen molar-refractivity contribution in [3.63, 3.8) is 0 Å². The summed E-state index contributed by atoms with van der Waals surface area (Å²) in [4.78, 5) is 12.7. The standard InChI is InChI=1S/C22H22N4O2/c1-15(2)12-21-24-25-22(28-21)19-13-16-8-6-7-11-18(16)26(19)14-20(27)23-17-9-4-3-5-10-17/h3-11,13,15H,12,14H2,1-2H3,(H,23,27). The zero-order chi connectivity index (χ0) is 19.5. The zero-order valence-electron chi connectivity index (χ0n) is 15.9. The summed E-state index contributed by atoms with van der Waals surface area (Å²) >= 11 is 0. The second kappa shape index (κ2) is 7.68. The third kappa shape index (κ3) is 3.81. The summed E-state index contributed by atoms with van der Waals surface area (Å²) < 4.78 is 7.79. The monoisotopic (exact) mass is 374 g/mol. The van der Waals surface area contributed by atoms with Gasteiger partial charge >= 0.3 is 0 Å².